The Labute approximate surface area is 187 Å². The first-order valence-electron chi connectivity index (χ1n) is 9.46. The molecule has 9 heteroatoms. The summed E-state index contributed by atoms with van der Waals surface area (Å²) in [4.78, 5) is 39.2. The fraction of sp³-hybridized carbons (Fsp3) is 0.381. The summed E-state index contributed by atoms with van der Waals surface area (Å²) in [5.74, 6) is -1.20. The minimum Gasteiger partial charge on any atom is -0.484 e. The molecular weight excluding hydrogens is 472 g/mol. The molecule has 1 fully saturated rings. The maximum Gasteiger partial charge on any atom is 0.330 e. The van der Waals surface area contributed by atoms with Crippen molar-refractivity contribution in [2.24, 2.45) is 5.92 Å². The van der Waals surface area contributed by atoms with E-state index in [0.717, 1.165) is 4.91 Å². The topological polar surface area (TPSA) is 95.9 Å². The Balaban J connectivity index is 1.72. The first-order valence-corrected chi connectivity index (χ1v) is 11.5. The lowest BCUT2D eigenvalue weighted by Gasteiger charge is -2.52. The maximum absolute atomic E-state index is 12.7. The zero-order chi connectivity index (χ0) is 21.8. The normalized spacial score (nSPS) is 23.9. The zero-order valence-electron chi connectivity index (χ0n) is 16.4. The SMILES string of the molecule is C=CC(C)CC1=C(CBr)C(C(=O)O)N2C(=O)C(NC(=O)COc3ccccc3)C2S1. The first kappa shape index (κ1) is 22.4. The molecule has 2 heterocycles. The van der Waals surface area contributed by atoms with Crippen LogP contribution in [0.3, 0.4) is 0 Å². The van der Waals surface area contributed by atoms with Crippen molar-refractivity contribution >= 4 is 45.5 Å². The van der Waals surface area contributed by atoms with Crippen molar-refractivity contribution in [2.45, 2.75) is 30.8 Å². The fourth-order valence-corrected chi connectivity index (χ4v) is 5.89. The number of rotatable bonds is 9. The number of hydrogen-bond donors (Lipinski definition) is 2. The molecule has 0 aliphatic carbocycles. The quantitative estimate of drug-likeness (QED) is 0.311. The van der Waals surface area contributed by atoms with Crippen molar-refractivity contribution in [3.8, 4) is 5.75 Å². The van der Waals surface area contributed by atoms with Gasteiger partial charge in [0.25, 0.3) is 5.91 Å². The predicted molar refractivity (Wildman–Crippen MR) is 118 cm³/mol. The Bertz CT molecular complexity index is 875. The van der Waals surface area contributed by atoms with Gasteiger partial charge in [-0.2, -0.15) is 0 Å². The van der Waals surface area contributed by atoms with Crippen LogP contribution in [-0.2, 0) is 14.4 Å². The van der Waals surface area contributed by atoms with Gasteiger partial charge in [-0.25, -0.2) is 4.79 Å². The number of para-hydroxylation sites is 1. The van der Waals surface area contributed by atoms with Crippen molar-refractivity contribution in [1.29, 1.82) is 0 Å². The lowest BCUT2D eigenvalue weighted by molar-refractivity contribution is -0.160. The third-order valence-corrected chi connectivity index (χ3v) is 7.08. The molecule has 30 heavy (non-hydrogen) atoms. The monoisotopic (exact) mass is 494 g/mol. The molecule has 2 aliphatic rings. The van der Waals surface area contributed by atoms with Crippen LogP contribution in [-0.4, -0.2) is 57.2 Å². The number of thioether (sulfide) groups is 1. The molecule has 0 aromatic heterocycles. The molecule has 3 rings (SSSR count). The molecule has 0 saturated carbocycles. The molecule has 160 valence electrons. The summed E-state index contributed by atoms with van der Waals surface area (Å²) in [6.45, 7) is 5.57. The number of alkyl halides is 1. The van der Waals surface area contributed by atoms with Crippen LogP contribution in [0.15, 0.2) is 53.5 Å². The summed E-state index contributed by atoms with van der Waals surface area (Å²) >= 11 is 4.81. The van der Waals surface area contributed by atoms with E-state index in [1.54, 1.807) is 24.3 Å². The Morgan fingerprint density at radius 1 is 1.40 bits per heavy atom. The average molecular weight is 495 g/mol. The van der Waals surface area contributed by atoms with E-state index in [4.69, 9.17) is 4.74 Å². The smallest absolute Gasteiger partial charge is 0.330 e. The van der Waals surface area contributed by atoms with Crippen LogP contribution in [0.2, 0.25) is 0 Å². The van der Waals surface area contributed by atoms with E-state index in [0.29, 0.717) is 23.1 Å². The standard InChI is InChI=1S/C21H23BrN2O5S/c1-3-12(2)9-15-14(10-22)18(21(27)28)24-19(26)17(20(24)30-15)23-16(25)11-29-13-7-5-4-6-8-13/h3-8,12,17-18,20H,1,9-11H2,2H3,(H,23,25)(H,27,28). The lowest BCUT2D eigenvalue weighted by atomic mass is 9.95. The summed E-state index contributed by atoms with van der Waals surface area (Å²) in [6, 6.07) is 7.08. The van der Waals surface area contributed by atoms with Crippen LogP contribution in [0.5, 0.6) is 5.75 Å². The van der Waals surface area contributed by atoms with Crippen molar-refractivity contribution in [1.82, 2.24) is 10.2 Å². The third-order valence-electron chi connectivity index (χ3n) is 5.03. The summed E-state index contributed by atoms with van der Waals surface area (Å²) < 4.78 is 5.43. The summed E-state index contributed by atoms with van der Waals surface area (Å²) in [5, 5.41) is 12.4. The highest BCUT2D eigenvalue weighted by Crippen LogP contribution is 2.46. The average Bonchev–Trinajstić information content (AvgIpc) is 2.75. The minimum absolute atomic E-state index is 0.158. The second-order valence-electron chi connectivity index (χ2n) is 7.14. The number of allylic oxidation sites excluding steroid dienone is 2. The van der Waals surface area contributed by atoms with Crippen LogP contribution in [0.1, 0.15) is 13.3 Å². The van der Waals surface area contributed by atoms with Crippen molar-refractivity contribution in [3.63, 3.8) is 0 Å². The van der Waals surface area contributed by atoms with Gasteiger partial charge in [0.05, 0.1) is 0 Å². The van der Waals surface area contributed by atoms with Crippen molar-refractivity contribution < 1.29 is 24.2 Å². The van der Waals surface area contributed by atoms with Gasteiger partial charge in [-0.15, -0.1) is 18.3 Å². The van der Waals surface area contributed by atoms with E-state index in [-0.39, 0.29) is 12.5 Å². The summed E-state index contributed by atoms with van der Waals surface area (Å²) in [5.41, 5.74) is 0.669. The van der Waals surface area contributed by atoms with Crippen molar-refractivity contribution in [2.75, 3.05) is 11.9 Å². The number of halogens is 1. The van der Waals surface area contributed by atoms with Gasteiger partial charge in [-0.05, 0) is 34.9 Å². The van der Waals surface area contributed by atoms with Crippen LogP contribution >= 0.6 is 27.7 Å². The number of carbonyl (C=O) groups is 3. The number of aliphatic carboxylic acids is 1. The van der Waals surface area contributed by atoms with Crippen LogP contribution in [0.25, 0.3) is 0 Å². The van der Waals surface area contributed by atoms with Crippen LogP contribution in [0.4, 0.5) is 0 Å². The van der Waals surface area contributed by atoms with Gasteiger partial charge in [0, 0.05) is 5.33 Å². The Kier molecular flexibility index (Phi) is 7.25. The van der Waals surface area contributed by atoms with E-state index >= 15 is 0 Å². The number of carboxylic acids is 1. The van der Waals surface area contributed by atoms with E-state index in [2.05, 4.69) is 27.8 Å². The van der Waals surface area contributed by atoms with Gasteiger partial charge in [0.1, 0.15) is 17.2 Å². The maximum atomic E-state index is 12.7. The fourth-order valence-electron chi connectivity index (χ4n) is 3.41. The molecule has 7 nitrogen and oxygen atoms in total. The molecule has 1 aromatic rings. The molecule has 1 aromatic carbocycles. The number of nitrogens with one attached hydrogen (secondary N) is 1. The molecule has 0 radical (unpaired) electrons. The van der Waals surface area contributed by atoms with Gasteiger partial charge in [-0.3, -0.25) is 9.59 Å². The molecule has 4 unspecified atom stereocenters. The Morgan fingerprint density at radius 3 is 2.70 bits per heavy atom. The molecular formula is C21H23BrN2O5S. The second-order valence-corrected chi connectivity index (χ2v) is 8.91. The van der Waals surface area contributed by atoms with Gasteiger partial charge >= 0.3 is 5.97 Å². The van der Waals surface area contributed by atoms with Crippen LogP contribution < -0.4 is 10.1 Å². The Hall–Kier alpha value is -2.26. The number of carbonyl (C=O) groups excluding carboxylic acids is 2. The number of benzene rings is 1. The third kappa shape index (κ3) is 4.57. The molecule has 2 aliphatic heterocycles. The first-order chi connectivity index (χ1) is 14.4. The van der Waals surface area contributed by atoms with E-state index < -0.39 is 35.2 Å². The molecule has 1 saturated heterocycles. The highest BCUT2D eigenvalue weighted by molar-refractivity contribution is 9.09. The number of carboxylic acid groups (broad SMARTS) is 1. The predicted octanol–water partition coefficient (Wildman–Crippen LogP) is 2.78. The van der Waals surface area contributed by atoms with Gasteiger partial charge < -0.3 is 20.1 Å². The number of nitrogens with zero attached hydrogens (tertiary/aromatic N) is 1. The zero-order valence-corrected chi connectivity index (χ0v) is 18.8. The van der Waals surface area contributed by atoms with E-state index in [9.17, 15) is 19.5 Å². The highest BCUT2D eigenvalue weighted by Gasteiger charge is 2.57. The van der Waals surface area contributed by atoms with Gasteiger partial charge in [-0.1, -0.05) is 47.1 Å². The molecule has 4 atom stereocenters. The number of ether oxygens (including phenoxy) is 1. The summed E-state index contributed by atoms with van der Waals surface area (Å²) in [7, 11) is 0. The lowest BCUT2D eigenvalue weighted by Crippen LogP contribution is -2.74. The van der Waals surface area contributed by atoms with Gasteiger partial charge in [0.2, 0.25) is 5.91 Å². The summed E-state index contributed by atoms with van der Waals surface area (Å²) in [6.07, 6.45) is 2.45. The number of hydrogen-bond acceptors (Lipinski definition) is 5. The number of β-lactam (4-membered cyclic amide) rings is 1. The van der Waals surface area contributed by atoms with Crippen LogP contribution in [0, 0.1) is 5.92 Å². The largest absolute Gasteiger partial charge is 0.484 e. The minimum atomic E-state index is -1.08. The number of fused-ring (bicyclic) bond motifs is 1. The molecule has 2 N–H and O–H groups in total. The molecule has 0 bridgehead atoms. The van der Waals surface area contributed by atoms with E-state index in [1.807, 2.05) is 19.1 Å². The van der Waals surface area contributed by atoms with E-state index in [1.165, 1.54) is 16.7 Å². The highest BCUT2D eigenvalue weighted by atomic mass is 79.9. The Morgan fingerprint density at radius 2 is 2.10 bits per heavy atom. The van der Waals surface area contributed by atoms with Gasteiger partial charge in [0.15, 0.2) is 12.6 Å². The second kappa shape index (κ2) is 9.70. The molecule has 0 spiro atoms. The molecule has 2 amide bonds. The van der Waals surface area contributed by atoms with Crippen molar-refractivity contribution in [3.05, 3.63) is 53.5 Å². The number of amides is 2.